The first-order valence-corrected chi connectivity index (χ1v) is 22.2. The Labute approximate surface area is 370 Å². The standard InChI is InChI=1S/C48H67N3O12/c1-26-19-18-20-27(2)47(59)50-38-33(25-49-51-22-16-14-12-10-11-13-15-17-23-51)42(56)35-36(43(38)57)41(55)31(6)45-37(35)46(58)48(8,63-45)61-24-21-34(60-9)28(3)44(62-32(7)52)30(5)40(54)29(4)39(26)53/h18-21,24-26,28-30,34,39-40,44,53-57H,10-17,22-23H2,1-9H3,(H,50,59)/t26-,28-,29-,30-,34+,39-,40-,44+,48-/m0/s1. The predicted molar refractivity (Wildman–Crippen MR) is 240 cm³/mol. The molecule has 1 amide bonds. The third-order valence-electron chi connectivity index (χ3n) is 13.0. The highest BCUT2D eigenvalue weighted by atomic mass is 16.7. The number of hydrogen-bond donors (Lipinski definition) is 6. The highest BCUT2D eigenvalue weighted by Crippen LogP contribution is 2.55. The molecule has 63 heavy (non-hydrogen) atoms. The molecule has 5 bridgehead atoms. The minimum atomic E-state index is -2.04. The number of anilines is 1. The van der Waals surface area contributed by atoms with Gasteiger partial charge >= 0.3 is 11.8 Å². The topological polar surface area (TPSA) is 217 Å². The number of amides is 1. The van der Waals surface area contributed by atoms with E-state index in [0.29, 0.717) is 13.1 Å². The number of phenols is 3. The number of esters is 1. The number of allylic oxidation sites excluding steroid dienone is 2. The number of nitrogens with one attached hydrogen (secondary N) is 1. The van der Waals surface area contributed by atoms with Crippen LogP contribution < -0.4 is 10.1 Å². The normalized spacial score (nSPS) is 29.6. The van der Waals surface area contributed by atoms with Crippen LogP contribution in [0.3, 0.4) is 0 Å². The van der Waals surface area contributed by atoms with Crippen molar-refractivity contribution in [3.8, 4) is 23.0 Å². The average molecular weight is 878 g/mol. The number of methoxy groups -OCH3 is 1. The van der Waals surface area contributed by atoms with Gasteiger partial charge in [0.2, 0.25) is 0 Å². The second kappa shape index (κ2) is 21.0. The van der Waals surface area contributed by atoms with E-state index in [1.54, 1.807) is 46.8 Å². The van der Waals surface area contributed by atoms with E-state index in [1.165, 1.54) is 65.4 Å². The average Bonchev–Trinajstić information content (AvgIpc) is 3.48. The van der Waals surface area contributed by atoms with Gasteiger partial charge in [0.25, 0.3) is 11.7 Å². The summed E-state index contributed by atoms with van der Waals surface area (Å²) >= 11 is 0. The number of rotatable bonds is 4. The molecule has 0 aliphatic carbocycles. The van der Waals surface area contributed by atoms with E-state index in [4.69, 9.17) is 24.0 Å². The van der Waals surface area contributed by atoms with E-state index in [0.717, 1.165) is 38.5 Å². The fraction of sp³-hybridized carbons (Fsp3) is 0.583. The molecule has 0 unspecified atom stereocenters. The Morgan fingerprint density at radius 1 is 0.873 bits per heavy atom. The molecule has 6 rings (SSSR count). The van der Waals surface area contributed by atoms with Gasteiger partial charge in [-0.05, 0) is 32.8 Å². The van der Waals surface area contributed by atoms with E-state index in [-0.39, 0.29) is 44.5 Å². The van der Waals surface area contributed by atoms with Gasteiger partial charge in [0.1, 0.15) is 23.4 Å². The Balaban J connectivity index is 1.70. The minimum absolute atomic E-state index is 0.0662. The zero-order chi connectivity index (χ0) is 46.3. The fourth-order valence-electron chi connectivity index (χ4n) is 8.89. The first kappa shape index (κ1) is 48.9. The van der Waals surface area contributed by atoms with Crippen LogP contribution in [0.25, 0.3) is 10.8 Å². The Kier molecular flexibility index (Phi) is 16.3. The molecule has 15 nitrogen and oxygen atoms in total. The number of benzene rings is 2. The second-order valence-electron chi connectivity index (χ2n) is 17.6. The summed E-state index contributed by atoms with van der Waals surface area (Å²) in [5, 5.41) is 67.8. The maximum absolute atomic E-state index is 14.6. The summed E-state index contributed by atoms with van der Waals surface area (Å²) in [6.45, 7) is 13.9. The molecule has 2 aromatic rings. The molecule has 0 spiro atoms. The Bertz CT molecular complexity index is 2120. The zero-order valence-corrected chi connectivity index (χ0v) is 38.1. The Morgan fingerprint density at radius 3 is 2.10 bits per heavy atom. The first-order chi connectivity index (χ1) is 29.8. The fourth-order valence-corrected chi connectivity index (χ4v) is 8.89. The number of Topliss-reactive ketones (excluding diaryl/α,β-unsaturated/α-hetero) is 1. The van der Waals surface area contributed by atoms with Gasteiger partial charge in [-0.1, -0.05) is 84.4 Å². The molecule has 2 aromatic carbocycles. The van der Waals surface area contributed by atoms with Crippen LogP contribution in [0.2, 0.25) is 0 Å². The number of aromatic hydroxyl groups is 3. The van der Waals surface area contributed by atoms with E-state index >= 15 is 0 Å². The van der Waals surface area contributed by atoms with Crippen LogP contribution in [-0.2, 0) is 23.8 Å². The summed E-state index contributed by atoms with van der Waals surface area (Å²) in [5.41, 5.74) is -0.263. The van der Waals surface area contributed by atoms with Crippen molar-refractivity contribution in [2.75, 3.05) is 25.5 Å². The molecular formula is C48H67N3O12. The van der Waals surface area contributed by atoms with Crippen LogP contribution in [0, 0.1) is 30.6 Å². The molecule has 4 aliphatic heterocycles. The summed E-state index contributed by atoms with van der Waals surface area (Å²) in [6.07, 6.45) is 13.5. The number of hydrogen-bond acceptors (Lipinski definition) is 14. The summed E-state index contributed by atoms with van der Waals surface area (Å²) in [6, 6.07) is 0. The molecular weight excluding hydrogens is 811 g/mol. The molecule has 6 N–H and O–H groups in total. The number of aliphatic hydroxyl groups is 2. The lowest BCUT2D eigenvalue weighted by atomic mass is 9.78. The van der Waals surface area contributed by atoms with Crippen molar-refractivity contribution in [3.05, 3.63) is 52.8 Å². The number of ketones is 1. The lowest BCUT2D eigenvalue weighted by Crippen LogP contribution is -2.46. The van der Waals surface area contributed by atoms with Crippen molar-refractivity contribution < 1.29 is 58.9 Å². The largest absolute Gasteiger partial charge is 0.507 e. The summed E-state index contributed by atoms with van der Waals surface area (Å²) < 4.78 is 23.7. The number of hydrazone groups is 1. The molecule has 15 heteroatoms. The van der Waals surface area contributed by atoms with Crippen molar-refractivity contribution in [2.24, 2.45) is 28.8 Å². The van der Waals surface area contributed by atoms with Gasteiger partial charge < -0.3 is 49.8 Å². The van der Waals surface area contributed by atoms with Crippen molar-refractivity contribution in [2.45, 2.75) is 137 Å². The minimum Gasteiger partial charge on any atom is -0.507 e. The quantitative estimate of drug-likeness (QED) is 0.0759. The summed E-state index contributed by atoms with van der Waals surface area (Å²) in [4.78, 5) is 40.8. The molecule has 1 saturated heterocycles. The summed E-state index contributed by atoms with van der Waals surface area (Å²) in [7, 11) is 1.45. The van der Waals surface area contributed by atoms with E-state index in [2.05, 4.69) is 5.32 Å². The van der Waals surface area contributed by atoms with Gasteiger partial charge in [0, 0.05) is 74.2 Å². The smallest absolute Gasteiger partial charge is 0.312 e. The number of ether oxygens (including phenoxy) is 4. The van der Waals surface area contributed by atoms with Crippen molar-refractivity contribution in [1.82, 2.24) is 5.01 Å². The van der Waals surface area contributed by atoms with Crippen molar-refractivity contribution in [1.29, 1.82) is 0 Å². The Hall–Kier alpha value is -5.12. The molecule has 346 valence electrons. The molecule has 0 aromatic heterocycles. The van der Waals surface area contributed by atoms with Crippen LogP contribution in [0.4, 0.5) is 5.69 Å². The number of aliphatic hydroxyl groups excluding tert-OH is 2. The molecule has 4 aliphatic rings. The van der Waals surface area contributed by atoms with Gasteiger partial charge in [0.15, 0.2) is 5.75 Å². The summed E-state index contributed by atoms with van der Waals surface area (Å²) in [5.74, 6) is -8.24. The van der Waals surface area contributed by atoms with E-state index in [1.807, 2.05) is 5.01 Å². The monoisotopic (exact) mass is 877 g/mol. The molecule has 9 atom stereocenters. The number of carbonyl (C=O) groups is 3. The van der Waals surface area contributed by atoms with Gasteiger partial charge in [-0.2, -0.15) is 5.10 Å². The van der Waals surface area contributed by atoms with Crippen LogP contribution in [-0.4, -0.2) is 105 Å². The lowest BCUT2D eigenvalue weighted by Gasteiger charge is -2.38. The van der Waals surface area contributed by atoms with E-state index < -0.39 is 88.8 Å². The van der Waals surface area contributed by atoms with Crippen molar-refractivity contribution >= 4 is 40.3 Å². The molecule has 4 heterocycles. The van der Waals surface area contributed by atoms with Gasteiger partial charge in [-0.25, -0.2) is 0 Å². The maximum Gasteiger partial charge on any atom is 0.312 e. The number of phenolic OH excluding ortho intramolecular Hbond substituents is 3. The predicted octanol–water partition coefficient (Wildman–Crippen LogP) is 7.52. The zero-order valence-electron chi connectivity index (χ0n) is 38.1. The highest BCUT2D eigenvalue weighted by molar-refractivity contribution is 6.23. The third kappa shape index (κ3) is 10.6. The van der Waals surface area contributed by atoms with Gasteiger partial charge in [-0.15, -0.1) is 0 Å². The molecule has 1 fully saturated rings. The maximum atomic E-state index is 14.6. The number of fused-ring (bicyclic) bond motifs is 14. The highest BCUT2D eigenvalue weighted by Gasteiger charge is 2.50. The van der Waals surface area contributed by atoms with E-state index in [9.17, 15) is 39.9 Å². The lowest BCUT2D eigenvalue weighted by molar-refractivity contribution is -0.160. The van der Waals surface area contributed by atoms with Crippen molar-refractivity contribution in [3.63, 3.8) is 0 Å². The number of carbonyl (C=O) groups excluding carboxylic acids is 3. The second-order valence-corrected chi connectivity index (χ2v) is 17.6. The van der Waals surface area contributed by atoms with Crippen LogP contribution >= 0.6 is 0 Å². The third-order valence-corrected chi connectivity index (χ3v) is 13.0. The van der Waals surface area contributed by atoms with Crippen LogP contribution in [0.15, 0.2) is 41.2 Å². The molecule has 0 radical (unpaired) electrons. The van der Waals surface area contributed by atoms with Crippen LogP contribution in [0.5, 0.6) is 23.0 Å². The molecule has 0 saturated carbocycles. The first-order valence-electron chi connectivity index (χ1n) is 22.2. The van der Waals surface area contributed by atoms with Crippen LogP contribution in [0.1, 0.15) is 121 Å². The van der Waals surface area contributed by atoms with Gasteiger partial charge in [-0.3, -0.25) is 19.4 Å². The SMILES string of the molecule is CO[C@@H]1C=CO[C@@]2(C)Oc3c(C)c(O)c4c(O)c(c(C=NN5CCCCCCCCCC5)c(O)c4c3C2=O)NC(=O)C(C)=CC=C[C@H](C)[C@H](O)[C@H](C)[C@H](O)[C@H](C)[C@H](OC(C)=O)[C@H]1C. The number of nitrogens with zero attached hydrogens (tertiary/aromatic N) is 2. The van der Waals surface area contributed by atoms with Gasteiger partial charge in [0.05, 0.1) is 53.0 Å². The Morgan fingerprint density at radius 2 is 1.49 bits per heavy atom.